The highest BCUT2D eigenvalue weighted by Gasteiger charge is 2.42. The Morgan fingerprint density at radius 2 is 1.92 bits per heavy atom. The van der Waals surface area contributed by atoms with E-state index in [2.05, 4.69) is 41.6 Å². The molecule has 3 heterocycles. The molecule has 0 unspecified atom stereocenters. The summed E-state index contributed by atoms with van der Waals surface area (Å²) in [6.45, 7) is -0.139. The van der Waals surface area contributed by atoms with Gasteiger partial charge in [0.25, 0.3) is 5.95 Å². The predicted octanol–water partition coefficient (Wildman–Crippen LogP) is 3.00. The molecule has 0 bridgehead atoms. The Kier molecular flexibility index (Phi) is 6.32. The Morgan fingerprint density at radius 3 is 2.66 bits per heavy atom. The number of nitrogens with zero attached hydrogens (tertiary/aromatic N) is 8. The number of hydrogen-bond donors (Lipinski definition) is 1. The molecule has 0 saturated heterocycles. The summed E-state index contributed by atoms with van der Waals surface area (Å²) in [6.07, 6.45) is -4.13. The molecule has 14 heteroatoms. The van der Waals surface area contributed by atoms with E-state index in [-0.39, 0.29) is 30.1 Å². The molecule has 0 atom stereocenters. The number of carbonyl (C=O) groups excluding carboxylic acids is 1. The van der Waals surface area contributed by atoms with Gasteiger partial charge < -0.3 is 14.8 Å². The van der Waals surface area contributed by atoms with Crippen molar-refractivity contribution in [2.24, 2.45) is 7.05 Å². The number of anilines is 1. The van der Waals surface area contributed by atoms with Crippen LogP contribution in [0.4, 0.5) is 14.6 Å². The van der Waals surface area contributed by atoms with E-state index in [1.54, 1.807) is 37.4 Å². The van der Waals surface area contributed by atoms with Gasteiger partial charge in [-0.1, -0.05) is 29.4 Å². The van der Waals surface area contributed by atoms with Gasteiger partial charge in [0.2, 0.25) is 0 Å². The largest absolute Gasteiger partial charge is 0.482 e. The number of pyridine rings is 1. The molecule has 0 aliphatic rings. The van der Waals surface area contributed by atoms with Crippen molar-refractivity contribution in [2.75, 3.05) is 5.32 Å². The zero-order chi connectivity index (χ0) is 26.7. The number of amides is 1. The second kappa shape index (κ2) is 9.90. The van der Waals surface area contributed by atoms with E-state index in [0.29, 0.717) is 22.3 Å². The summed E-state index contributed by atoms with van der Waals surface area (Å²) < 4.78 is 41.9. The first-order chi connectivity index (χ1) is 18.3. The van der Waals surface area contributed by atoms with E-state index >= 15 is 0 Å². The Bertz CT molecular complexity index is 1660. The number of nitrogens with one attached hydrogen (secondary N) is 1. The van der Waals surface area contributed by atoms with Gasteiger partial charge in [-0.25, -0.2) is 14.2 Å². The molecule has 0 fully saturated rings. The first kappa shape index (κ1) is 24.3. The van der Waals surface area contributed by atoms with Crippen LogP contribution in [0.5, 0.6) is 11.8 Å². The number of ether oxygens (including phenoxy) is 2. The van der Waals surface area contributed by atoms with Gasteiger partial charge in [-0.15, -0.1) is 0 Å². The number of hydrogen-bond acceptors (Lipinski definition) is 9. The molecular formula is C24H17F2N9O3. The molecule has 5 rings (SSSR count). The number of fused-ring (bicyclic) bond motifs is 1. The summed E-state index contributed by atoms with van der Waals surface area (Å²) in [6, 6.07) is 18.8. The van der Waals surface area contributed by atoms with Gasteiger partial charge in [0, 0.05) is 7.05 Å². The third-order valence-electron chi connectivity index (χ3n) is 5.20. The molecule has 190 valence electrons. The van der Waals surface area contributed by atoms with Crippen molar-refractivity contribution in [1.29, 1.82) is 5.26 Å². The maximum Gasteiger partial charge on any atom is 0.482 e. The van der Waals surface area contributed by atoms with Crippen LogP contribution in [-0.4, -0.2) is 46.8 Å². The first-order valence-electron chi connectivity index (χ1n) is 11.0. The quantitative estimate of drug-likeness (QED) is 0.328. The van der Waals surface area contributed by atoms with Crippen molar-refractivity contribution >= 4 is 22.8 Å². The Balaban J connectivity index is 1.35. The number of aromatic nitrogens is 7. The molecule has 0 saturated carbocycles. The van der Waals surface area contributed by atoms with Crippen LogP contribution in [-0.2, 0) is 18.4 Å². The molecule has 1 N–H and O–H groups in total. The van der Waals surface area contributed by atoms with E-state index < -0.39 is 12.0 Å². The highest BCUT2D eigenvalue weighted by molar-refractivity contribution is 5.94. The fourth-order valence-corrected chi connectivity index (χ4v) is 3.47. The number of nitriles is 1. The van der Waals surface area contributed by atoms with Gasteiger partial charge in [0.15, 0.2) is 0 Å². The molecule has 0 aliphatic carbocycles. The summed E-state index contributed by atoms with van der Waals surface area (Å²) in [5, 5.41) is 22.8. The maximum absolute atomic E-state index is 14.3. The third-order valence-corrected chi connectivity index (χ3v) is 5.20. The van der Waals surface area contributed by atoms with Crippen LogP contribution in [0.3, 0.4) is 0 Å². The van der Waals surface area contributed by atoms with Crippen LogP contribution in [0.1, 0.15) is 11.3 Å². The summed E-state index contributed by atoms with van der Waals surface area (Å²) in [7, 11) is 1.63. The number of alkyl halides is 2. The van der Waals surface area contributed by atoms with Crippen LogP contribution < -0.4 is 14.8 Å². The number of carbonyl (C=O) groups is 1. The van der Waals surface area contributed by atoms with E-state index in [0.717, 1.165) is 0 Å². The molecule has 38 heavy (non-hydrogen) atoms. The predicted molar refractivity (Wildman–Crippen MR) is 127 cm³/mol. The second-order valence-electron chi connectivity index (χ2n) is 7.84. The van der Waals surface area contributed by atoms with Crippen molar-refractivity contribution in [3.05, 3.63) is 78.0 Å². The lowest BCUT2D eigenvalue weighted by molar-refractivity contribution is -0.187. The van der Waals surface area contributed by atoms with Crippen molar-refractivity contribution in [2.45, 2.75) is 12.7 Å². The number of para-hydroxylation sites is 1. The number of benzene rings is 2. The lowest BCUT2D eigenvalue weighted by Crippen LogP contribution is -2.40. The number of rotatable bonds is 8. The van der Waals surface area contributed by atoms with Crippen molar-refractivity contribution in [3.8, 4) is 23.8 Å². The standard InChI is InChI=1S/C24H17F2N9O3/c1-34-22(31-32-33-34)35-19-12-15(13-27)10-11-18(19)29-23(35)37-14-16-6-5-9-20(28-16)30-21(36)24(25,26)38-17-7-3-2-4-8-17/h2-12H,14H2,1H3,(H,28,30,36). The monoisotopic (exact) mass is 517 g/mol. The minimum Gasteiger partial charge on any atom is -0.458 e. The van der Waals surface area contributed by atoms with Crippen LogP contribution in [0.25, 0.3) is 17.0 Å². The number of halogens is 2. The topological polar surface area (TPSA) is 146 Å². The van der Waals surface area contributed by atoms with Crippen molar-refractivity contribution < 1.29 is 23.0 Å². The van der Waals surface area contributed by atoms with Gasteiger partial charge >= 0.3 is 18.0 Å². The zero-order valence-electron chi connectivity index (χ0n) is 19.6. The van der Waals surface area contributed by atoms with Gasteiger partial charge in [0.05, 0.1) is 28.4 Å². The average Bonchev–Trinajstić information content (AvgIpc) is 3.49. The van der Waals surface area contributed by atoms with Crippen LogP contribution in [0.15, 0.2) is 66.7 Å². The van der Waals surface area contributed by atoms with E-state index in [4.69, 9.17) is 4.74 Å². The third kappa shape index (κ3) is 4.93. The lowest BCUT2D eigenvalue weighted by atomic mass is 10.2. The molecule has 0 radical (unpaired) electrons. The first-order valence-corrected chi connectivity index (χ1v) is 11.0. The number of tetrazole rings is 1. The molecule has 12 nitrogen and oxygen atoms in total. The lowest BCUT2D eigenvalue weighted by Gasteiger charge is -2.17. The normalized spacial score (nSPS) is 11.2. The second-order valence-corrected chi connectivity index (χ2v) is 7.84. The van der Waals surface area contributed by atoms with Crippen LogP contribution in [0, 0.1) is 11.3 Å². The van der Waals surface area contributed by atoms with Crippen molar-refractivity contribution in [3.63, 3.8) is 0 Å². The molecule has 3 aromatic heterocycles. The minimum absolute atomic E-state index is 0.104. The highest BCUT2D eigenvalue weighted by Crippen LogP contribution is 2.27. The minimum atomic E-state index is -4.13. The molecule has 0 spiro atoms. The maximum atomic E-state index is 14.3. The van der Waals surface area contributed by atoms with Gasteiger partial charge in [-0.3, -0.25) is 4.79 Å². The fraction of sp³-hybridized carbons (Fsp3) is 0.125. The van der Waals surface area contributed by atoms with Crippen LogP contribution >= 0.6 is 0 Å². The van der Waals surface area contributed by atoms with Crippen LogP contribution in [0.2, 0.25) is 0 Å². The Labute approximate surface area is 213 Å². The van der Waals surface area contributed by atoms with E-state index in [1.165, 1.54) is 45.6 Å². The molecule has 2 aromatic carbocycles. The van der Waals surface area contributed by atoms with Gasteiger partial charge in [-0.05, 0) is 52.9 Å². The summed E-state index contributed by atoms with van der Waals surface area (Å²) in [5.41, 5.74) is 1.77. The molecule has 1 amide bonds. The highest BCUT2D eigenvalue weighted by atomic mass is 19.3. The Hall–Kier alpha value is -5.45. The molecular weight excluding hydrogens is 500 g/mol. The fourth-order valence-electron chi connectivity index (χ4n) is 3.47. The Morgan fingerprint density at radius 1 is 1.11 bits per heavy atom. The zero-order valence-corrected chi connectivity index (χ0v) is 19.6. The smallest absolute Gasteiger partial charge is 0.458 e. The van der Waals surface area contributed by atoms with Crippen molar-refractivity contribution in [1.82, 2.24) is 34.7 Å². The van der Waals surface area contributed by atoms with E-state index in [1.807, 2.05) is 0 Å². The van der Waals surface area contributed by atoms with E-state index in [9.17, 15) is 18.8 Å². The summed E-state index contributed by atoms with van der Waals surface area (Å²) >= 11 is 0. The molecule has 5 aromatic rings. The number of aryl methyl sites for hydroxylation is 1. The molecule has 0 aliphatic heterocycles. The summed E-state index contributed by atoms with van der Waals surface area (Å²) in [4.78, 5) is 20.8. The summed E-state index contributed by atoms with van der Waals surface area (Å²) in [5.74, 6) is -1.69. The van der Waals surface area contributed by atoms with Gasteiger partial charge in [-0.2, -0.15) is 19.0 Å². The average molecular weight is 517 g/mol. The van der Waals surface area contributed by atoms with Gasteiger partial charge in [0.1, 0.15) is 18.2 Å². The SMILES string of the molecule is Cn1nnnc1-n1c(OCc2cccc(NC(=O)C(F)(F)Oc3ccccc3)n2)nc2ccc(C#N)cc21. The number of imidazole rings is 1.